The third kappa shape index (κ3) is 2.14. The van der Waals surface area contributed by atoms with Gasteiger partial charge in [-0.25, -0.2) is 0 Å². The number of allylic oxidation sites excluding steroid dienone is 3. The third-order valence-corrected chi connectivity index (χ3v) is 7.12. The van der Waals surface area contributed by atoms with Gasteiger partial charge in [-0.05, 0) is 31.1 Å². The summed E-state index contributed by atoms with van der Waals surface area (Å²) in [6.45, 7) is 1.75. The molecule has 0 aromatic rings. The van der Waals surface area contributed by atoms with Gasteiger partial charge in [0.2, 0.25) is 6.29 Å². The number of carbonyl (C=O) groups is 3. The topological polar surface area (TPSA) is 88.1 Å². The van der Waals surface area contributed by atoms with E-state index in [9.17, 15) is 14.4 Å². The normalized spacial score (nSPS) is 43.1. The summed E-state index contributed by atoms with van der Waals surface area (Å²) in [5.74, 6) is -3.46. The Morgan fingerprint density at radius 2 is 1.89 bits per heavy atom. The highest BCUT2D eigenvalue weighted by Gasteiger charge is 2.70. The van der Waals surface area contributed by atoms with Crippen molar-refractivity contribution >= 4 is 17.5 Å². The zero-order valence-electron chi connectivity index (χ0n) is 16.0. The second-order valence-electron chi connectivity index (χ2n) is 8.48. The van der Waals surface area contributed by atoms with Crippen LogP contribution in [0, 0.1) is 23.2 Å². The van der Waals surface area contributed by atoms with Crippen LogP contribution in [0.2, 0.25) is 0 Å². The largest absolute Gasteiger partial charge is 0.468 e. The molecular formula is C21H24O7. The number of ether oxygens (including phenoxy) is 4. The SMILES string of the molecule is COC(=O)[C@@]12C(=O)C=CC(=O)C1C1C(=CC2C)OC2OC3(CCCCC3)OC21. The lowest BCUT2D eigenvalue weighted by Crippen LogP contribution is -2.59. The second kappa shape index (κ2) is 6.00. The van der Waals surface area contributed by atoms with Crippen molar-refractivity contribution in [2.24, 2.45) is 23.2 Å². The summed E-state index contributed by atoms with van der Waals surface area (Å²) in [7, 11) is 1.25. The Morgan fingerprint density at radius 1 is 1.14 bits per heavy atom. The van der Waals surface area contributed by atoms with Crippen LogP contribution >= 0.6 is 0 Å². The molecule has 3 fully saturated rings. The number of ketones is 2. The monoisotopic (exact) mass is 388 g/mol. The lowest BCUT2D eigenvalue weighted by Gasteiger charge is -2.46. The maximum atomic E-state index is 13.0. The predicted octanol–water partition coefficient (Wildman–Crippen LogP) is 2.05. The highest BCUT2D eigenvalue weighted by Crippen LogP contribution is 2.59. The molecule has 0 radical (unpaired) electrons. The van der Waals surface area contributed by atoms with Crippen molar-refractivity contribution in [2.45, 2.75) is 57.2 Å². The summed E-state index contributed by atoms with van der Waals surface area (Å²) in [6.07, 6.45) is 7.83. The molecule has 0 amide bonds. The van der Waals surface area contributed by atoms with E-state index in [1.807, 2.05) is 0 Å². The van der Waals surface area contributed by atoms with Crippen molar-refractivity contribution in [3.05, 3.63) is 24.0 Å². The zero-order chi connectivity index (χ0) is 19.7. The standard InChI is InChI=1S/C21H24O7/c1-11-10-13-15(16-12(22)6-7-14(23)21(11,16)19(24)25-2)17-18(26-13)28-20(27-17)8-4-3-5-9-20/h6-7,10-11,15-18H,3-5,8-9H2,1-2H3/t11?,15?,16?,17?,18?,21-/m0/s1. The lowest BCUT2D eigenvalue weighted by atomic mass is 9.53. The van der Waals surface area contributed by atoms with E-state index in [1.165, 1.54) is 19.3 Å². The van der Waals surface area contributed by atoms with Crippen LogP contribution in [0.15, 0.2) is 24.0 Å². The maximum Gasteiger partial charge on any atom is 0.321 e. The average Bonchev–Trinajstić information content (AvgIpc) is 3.17. The number of rotatable bonds is 1. The summed E-state index contributed by atoms with van der Waals surface area (Å²) >= 11 is 0. The summed E-state index contributed by atoms with van der Waals surface area (Å²) in [5.41, 5.74) is -1.58. The van der Waals surface area contributed by atoms with E-state index in [-0.39, 0.29) is 5.78 Å². The molecule has 2 aliphatic heterocycles. The van der Waals surface area contributed by atoms with Crippen LogP contribution in [0.1, 0.15) is 39.0 Å². The van der Waals surface area contributed by atoms with Crippen LogP contribution in [0.25, 0.3) is 0 Å². The fourth-order valence-electron chi connectivity index (χ4n) is 5.85. The molecule has 5 unspecified atom stereocenters. The number of hydrogen-bond donors (Lipinski definition) is 0. The fraction of sp³-hybridized carbons (Fsp3) is 0.667. The quantitative estimate of drug-likeness (QED) is 0.502. The molecule has 28 heavy (non-hydrogen) atoms. The van der Waals surface area contributed by atoms with Crippen molar-refractivity contribution in [1.82, 2.24) is 0 Å². The minimum atomic E-state index is -1.58. The Balaban J connectivity index is 1.59. The van der Waals surface area contributed by atoms with E-state index < -0.39 is 53.1 Å². The summed E-state index contributed by atoms with van der Waals surface area (Å²) in [4.78, 5) is 38.9. The first kappa shape index (κ1) is 18.1. The molecule has 0 aromatic carbocycles. The van der Waals surface area contributed by atoms with Crippen LogP contribution < -0.4 is 0 Å². The smallest absolute Gasteiger partial charge is 0.321 e. The van der Waals surface area contributed by atoms with Gasteiger partial charge >= 0.3 is 5.97 Å². The minimum Gasteiger partial charge on any atom is -0.468 e. The van der Waals surface area contributed by atoms with Gasteiger partial charge in [-0.1, -0.05) is 13.3 Å². The third-order valence-electron chi connectivity index (χ3n) is 7.12. The van der Waals surface area contributed by atoms with Gasteiger partial charge in [0.25, 0.3) is 0 Å². The molecule has 5 rings (SSSR count). The summed E-state index contributed by atoms with van der Waals surface area (Å²) in [6, 6.07) is 0. The van der Waals surface area contributed by atoms with Gasteiger partial charge in [0, 0.05) is 18.8 Å². The lowest BCUT2D eigenvalue weighted by molar-refractivity contribution is -0.227. The molecule has 2 saturated heterocycles. The fourth-order valence-corrected chi connectivity index (χ4v) is 5.85. The molecule has 7 heteroatoms. The number of fused-ring (bicyclic) bond motifs is 5. The maximum absolute atomic E-state index is 13.0. The number of hydrogen-bond acceptors (Lipinski definition) is 7. The molecule has 1 spiro atoms. The van der Waals surface area contributed by atoms with Gasteiger partial charge in [0.1, 0.15) is 17.3 Å². The van der Waals surface area contributed by atoms with Crippen molar-refractivity contribution in [3.63, 3.8) is 0 Å². The molecule has 1 saturated carbocycles. The highest BCUT2D eigenvalue weighted by atomic mass is 16.8. The molecule has 0 aromatic heterocycles. The van der Waals surface area contributed by atoms with Crippen molar-refractivity contribution in [2.75, 3.05) is 7.11 Å². The van der Waals surface area contributed by atoms with E-state index >= 15 is 0 Å². The van der Waals surface area contributed by atoms with Crippen molar-refractivity contribution < 1.29 is 33.3 Å². The Morgan fingerprint density at radius 3 is 2.61 bits per heavy atom. The summed E-state index contributed by atoms with van der Waals surface area (Å²) < 4.78 is 23.6. The van der Waals surface area contributed by atoms with Crippen molar-refractivity contribution in [1.29, 1.82) is 0 Å². The minimum absolute atomic E-state index is 0.273. The van der Waals surface area contributed by atoms with E-state index in [1.54, 1.807) is 13.0 Å². The second-order valence-corrected chi connectivity index (χ2v) is 8.48. The Hall–Kier alpha value is -1.99. The first-order valence-corrected chi connectivity index (χ1v) is 10.0. The number of methoxy groups -OCH3 is 1. The summed E-state index contributed by atoms with van der Waals surface area (Å²) in [5, 5.41) is 0. The molecular weight excluding hydrogens is 364 g/mol. The van der Waals surface area contributed by atoms with E-state index in [0.29, 0.717) is 5.76 Å². The zero-order valence-corrected chi connectivity index (χ0v) is 16.0. The molecule has 150 valence electrons. The van der Waals surface area contributed by atoms with Crippen LogP contribution in [0.4, 0.5) is 0 Å². The van der Waals surface area contributed by atoms with Crippen LogP contribution in [-0.2, 0) is 33.3 Å². The first-order chi connectivity index (χ1) is 13.4. The van der Waals surface area contributed by atoms with Gasteiger partial charge in [-0.2, -0.15) is 0 Å². The molecule has 0 N–H and O–H groups in total. The van der Waals surface area contributed by atoms with Gasteiger partial charge in [0.15, 0.2) is 17.4 Å². The van der Waals surface area contributed by atoms with Crippen LogP contribution in [0.5, 0.6) is 0 Å². The number of esters is 1. The Labute approximate surface area is 163 Å². The van der Waals surface area contributed by atoms with Gasteiger partial charge in [-0.15, -0.1) is 0 Å². The molecule has 6 atom stereocenters. The molecule has 5 aliphatic rings. The molecule has 3 aliphatic carbocycles. The molecule has 7 nitrogen and oxygen atoms in total. The molecule has 0 bridgehead atoms. The van der Waals surface area contributed by atoms with Gasteiger partial charge < -0.3 is 18.9 Å². The van der Waals surface area contributed by atoms with E-state index in [4.69, 9.17) is 18.9 Å². The van der Waals surface area contributed by atoms with Crippen molar-refractivity contribution in [3.8, 4) is 0 Å². The Kier molecular flexibility index (Phi) is 3.87. The van der Waals surface area contributed by atoms with Gasteiger partial charge in [0.05, 0.1) is 18.9 Å². The number of carbonyl (C=O) groups excluding carboxylic acids is 3. The molecule has 2 heterocycles. The Bertz CT molecular complexity index is 806. The average molecular weight is 388 g/mol. The van der Waals surface area contributed by atoms with Crippen LogP contribution in [0.3, 0.4) is 0 Å². The van der Waals surface area contributed by atoms with Gasteiger partial charge in [-0.3, -0.25) is 14.4 Å². The van der Waals surface area contributed by atoms with E-state index in [0.717, 1.165) is 32.1 Å². The first-order valence-electron chi connectivity index (χ1n) is 10.0. The predicted molar refractivity (Wildman–Crippen MR) is 94.5 cm³/mol. The van der Waals surface area contributed by atoms with E-state index in [2.05, 4.69) is 0 Å². The highest BCUT2D eigenvalue weighted by molar-refractivity contribution is 6.19. The van der Waals surface area contributed by atoms with Crippen LogP contribution in [-0.4, -0.2) is 42.8 Å².